The van der Waals surface area contributed by atoms with Crippen LogP contribution in [0, 0.1) is 0 Å². The Bertz CT molecular complexity index is 444. The second kappa shape index (κ2) is 5.13. The number of aryl methyl sites for hydroxylation is 1. The van der Waals surface area contributed by atoms with Crippen LogP contribution < -0.4 is 17.0 Å². The Kier molecular flexibility index (Phi) is 3.84. The first-order valence-electron chi connectivity index (χ1n) is 4.51. The summed E-state index contributed by atoms with van der Waals surface area (Å²) < 4.78 is 15.2. The van der Waals surface area contributed by atoms with E-state index in [2.05, 4.69) is 17.0 Å². The topological polar surface area (TPSA) is 81.9 Å². The van der Waals surface area contributed by atoms with Crippen LogP contribution in [0.15, 0.2) is 42.9 Å². The number of nitrogens with zero attached hydrogens (tertiary/aromatic N) is 2. The fourth-order valence-corrected chi connectivity index (χ4v) is 1.06. The van der Waals surface area contributed by atoms with Crippen molar-refractivity contribution in [1.82, 2.24) is 15.0 Å². The van der Waals surface area contributed by atoms with Crippen molar-refractivity contribution < 1.29 is 4.39 Å². The maximum atomic E-state index is 13.4. The van der Waals surface area contributed by atoms with Crippen molar-refractivity contribution in [2.24, 2.45) is 18.6 Å². The predicted octanol–water partition coefficient (Wildman–Crippen LogP) is 0.550. The zero-order valence-corrected chi connectivity index (χ0v) is 8.94. The monoisotopic (exact) mass is 223 g/mol. The van der Waals surface area contributed by atoms with Gasteiger partial charge in [0.05, 0.1) is 17.7 Å². The molecule has 0 aromatic carbocycles. The third-order valence-electron chi connectivity index (χ3n) is 1.92. The zero-order valence-electron chi connectivity index (χ0n) is 8.94. The van der Waals surface area contributed by atoms with Gasteiger partial charge in [-0.15, -0.1) is 0 Å². The summed E-state index contributed by atoms with van der Waals surface area (Å²) in [5, 5.41) is 0. The molecule has 1 rings (SSSR count). The highest BCUT2D eigenvalue weighted by Gasteiger charge is 2.05. The van der Waals surface area contributed by atoms with Gasteiger partial charge in [-0.1, -0.05) is 6.58 Å². The molecule has 86 valence electrons. The maximum Gasteiger partial charge on any atom is 0.147 e. The summed E-state index contributed by atoms with van der Waals surface area (Å²) in [4.78, 5) is 4.05. The Balaban J connectivity index is 2.98. The van der Waals surface area contributed by atoms with Gasteiger partial charge in [0, 0.05) is 25.0 Å². The van der Waals surface area contributed by atoms with Crippen LogP contribution >= 0.6 is 0 Å². The van der Waals surface area contributed by atoms with Crippen molar-refractivity contribution in [2.45, 2.75) is 0 Å². The molecule has 0 amide bonds. The van der Waals surface area contributed by atoms with Crippen molar-refractivity contribution >= 4 is 5.57 Å². The van der Waals surface area contributed by atoms with E-state index in [0.29, 0.717) is 11.3 Å². The van der Waals surface area contributed by atoms with E-state index in [4.69, 9.17) is 11.6 Å². The molecule has 6 heteroatoms. The molecule has 0 radical (unpaired) electrons. The third-order valence-corrected chi connectivity index (χ3v) is 1.92. The van der Waals surface area contributed by atoms with Crippen LogP contribution in [0.1, 0.15) is 5.69 Å². The van der Waals surface area contributed by atoms with E-state index >= 15 is 0 Å². The highest BCUT2D eigenvalue weighted by atomic mass is 19.1. The highest BCUT2D eigenvalue weighted by molar-refractivity contribution is 5.72. The minimum Gasteiger partial charge on any atom is -0.404 e. The lowest BCUT2D eigenvalue weighted by Crippen LogP contribution is -2.20. The minimum absolute atomic E-state index is 0.0183. The normalized spacial score (nSPS) is 12.7. The van der Waals surface area contributed by atoms with E-state index in [9.17, 15) is 4.39 Å². The average Bonchev–Trinajstić information content (AvgIpc) is 2.71. The van der Waals surface area contributed by atoms with Crippen LogP contribution in [0.2, 0.25) is 0 Å². The van der Waals surface area contributed by atoms with Gasteiger partial charge in [0.25, 0.3) is 0 Å². The SMILES string of the molecule is C=C(NN)/C(F)=C\C(=C/N)c1cn(C)cn1. The van der Waals surface area contributed by atoms with Crippen molar-refractivity contribution in [3.63, 3.8) is 0 Å². The Morgan fingerprint density at radius 2 is 2.38 bits per heavy atom. The molecule has 0 aliphatic carbocycles. The van der Waals surface area contributed by atoms with Gasteiger partial charge in [0.2, 0.25) is 0 Å². The van der Waals surface area contributed by atoms with Gasteiger partial charge in [-0.3, -0.25) is 5.84 Å². The van der Waals surface area contributed by atoms with Crippen LogP contribution in [-0.4, -0.2) is 9.55 Å². The molecule has 0 fully saturated rings. The van der Waals surface area contributed by atoms with E-state index in [1.165, 1.54) is 12.3 Å². The van der Waals surface area contributed by atoms with Crippen LogP contribution in [0.3, 0.4) is 0 Å². The Hall–Kier alpha value is -2.08. The summed E-state index contributed by atoms with van der Waals surface area (Å²) in [6.07, 6.45) is 5.80. The van der Waals surface area contributed by atoms with Crippen molar-refractivity contribution in [1.29, 1.82) is 0 Å². The number of rotatable bonds is 4. The second-order valence-electron chi connectivity index (χ2n) is 3.16. The average molecular weight is 223 g/mol. The number of hydrogen-bond donors (Lipinski definition) is 3. The van der Waals surface area contributed by atoms with Crippen molar-refractivity contribution in [3.8, 4) is 0 Å². The summed E-state index contributed by atoms with van der Waals surface area (Å²) in [5.41, 5.74) is 8.53. The van der Waals surface area contributed by atoms with E-state index in [0.717, 1.165) is 0 Å². The Morgan fingerprint density at radius 1 is 1.69 bits per heavy atom. The van der Waals surface area contributed by atoms with Crippen LogP contribution in [0.4, 0.5) is 4.39 Å². The maximum absolute atomic E-state index is 13.4. The fraction of sp³-hybridized carbons (Fsp3) is 0.100. The van der Waals surface area contributed by atoms with Gasteiger partial charge in [-0.05, 0) is 6.08 Å². The molecule has 1 aromatic heterocycles. The summed E-state index contributed by atoms with van der Waals surface area (Å²) in [5.74, 6) is 4.44. The molecule has 0 saturated carbocycles. The number of nitrogens with two attached hydrogens (primary N) is 2. The molecule has 0 spiro atoms. The molecule has 0 aliphatic heterocycles. The van der Waals surface area contributed by atoms with E-state index in [-0.39, 0.29) is 5.70 Å². The molecule has 16 heavy (non-hydrogen) atoms. The lowest BCUT2D eigenvalue weighted by Gasteiger charge is -2.02. The number of nitrogens with one attached hydrogen (secondary N) is 1. The fourth-order valence-electron chi connectivity index (χ4n) is 1.06. The van der Waals surface area contributed by atoms with Gasteiger partial charge in [-0.25, -0.2) is 9.37 Å². The molecule has 0 unspecified atom stereocenters. The number of aromatic nitrogens is 2. The van der Waals surface area contributed by atoms with E-state index in [1.807, 2.05) is 7.05 Å². The van der Waals surface area contributed by atoms with Crippen LogP contribution in [0.25, 0.3) is 5.57 Å². The summed E-state index contributed by atoms with van der Waals surface area (Å²) in [6.45, 7) is 3.39. The molecule has 5 N–H and O–H groups in total. The van der Waals surface area contributed by atoms with Crippen molar-refractivity contribution in [3.05, 3.63) is 48.6 Å². The van der Waals surface area contributed by atoms with Crippen molar-refractivity contribution in [2.75, 3.05) is 0 Å². The van der Waals surface area contributed by atoms with Gasteiger partial charge in [0.1, 0.15) is 5.83 Å². The molecule has 5 nitrogen and oxygen atoms in total. The summed E-state index contributed by atoms with van der Waals surface area (Å²) in [7, 11) is 1.81. The minimum atomic E-state index is -0.593. The van der Waals surface area contributed by atoms with E-state index < -0.39 is 5.83 Å². The smallest absolute Gasteiger partial charge is 0.147 e. The second-order valence-corrected chi connectivity index (χ2v) is 3.16. The molecular formula is C10H14FN5. The number of allylic oxidation sites excluding steroid dienone is 3. The Labute approximate surface area is 92.9 Å². The predicted molar refractivity (Wildman–Crippen MR) is 61.0 cm³/mol. The largest absolute Gasteiger partial charge is 0.404 e. The third kappa shape index (κ3) is 2.71. The van der Waals surface area contributed by atoms with Gasteiger partial charge >= 0.3 is 0 Å². The first kappa shape index (κ1) is 12.0. The first-order chi connectivity index (χ1) is 7.58. The summed E-state index contributed by atoms with van der Waals surface area (Å²) in [6, 6.07) is 0. The number of hydrazine groups is 1. The molecule has 1 heterocycles. The molecular weight excluding hydrogens is 209 g/mol. The molecule has 0 saturated heterocycles. The molecule has 0 bridgehead atoms. The van der Waals surface area contributed by atoms with E-state index in [1.54, 1.807) is 17.1 Å². The Morgan fingerprint density at radius 3 is 2.81 bits per heavy atom. The first-order valence-corrected chi connectivity index (χ1v) is 4.51. The van der Waals surface area contributed by atoms with Crippen LogP contribution in [0.5, 0.6) is 0 Å². The number of halogens is 1. The lowest BCUT2D eigenvalue weighted by molar-refractivity contribution is 0.628. The van der Waals surface area contributed by atoms with Gasteiger partial charge in [0.15, 0.2) is 0 Å². The number of hydrogen-bond acceptors (Lipinski definition) is 4. The molecule has 0 atom stereocenters. The van der Waals surface area contributed by atoms with Crippen LogP contribution in [-0.2, 0) is 7.05 Å². The zero-order chi connectivity index (χ0) is 12.1. The van der Waals surface area contributed by atoms with Gasteiger partial charge < -0.3 is 15.7 Å². The highest BCUT2D eigenvalue weighted by Crippen LogP contribution is 2.17. The molecule has 0 aliphatic rings. The quantitative estimate of drug-likeness (QED) is 0.395. The van der Waals surface area contributed by atoms with Gasteiger partial charge in [-0.2, -0.15) is 0 Å². The lowest BCUT2D eigenvalue weighted by atomic mass is 10.2. The standard InChI is InChI=1S/C10H14FN5/c1-7(15-13)9(11)3-8(4-12)10-5-16(2)6-14-10/h3-6,15H,1,12-13H2,2H3/b8-4+,9-3+. The molecule has 1 aromatic rings. The summed E-state index contributed by atoms with van der Waals surface area (Å²) >= 11 is 0. The number of imidazole rings is 1.